The molecule has 8 aromatic heterocycles. The van der Waals surface area contributed by atoms with Gasteiger partial charge in [0.05, 0.1) is 115 Å². The second-order valence-corrected chi connectivity index (χ2v) is 41.3. The number of hydrazine groups is 8. The molecule has 35 heteroatoms. The maximum absolute atomic E-state index is 6.24. The fraction of sp³-hybridized carbons (Fsp3) is 0.353. The second-order valence-electron chi connectivity index (χ2n) is 33.2. The van der Waals surface area contributed by atoms with Crippen molar-refractivity contribution in [3.05, 3.63) is 243 Å². The van der Waals surface area contributed by atoms with Crippen molar-refractivity contribution < 1.29 is 14.2 Å². The zero-order valence-electron chi connectivity index (χ0n) is 80.1. The topological polar surface area (TPSA) is 365 Å². The van der Waals surface area contributed by atoms with Gasteiger partial charge in [0.2, 0.25) is 41.1 Å². The molecular weight excluding hydrogens is 1870 g/mol. The van der Waals surface area contributed by atoms with E-state index in [-0.39, 0.29) is 6.10 Å². The first-order chi connectivity index (χ1) is 66.5. The molecule has 137 heavy (non-hydrogen) atoms. The Morgan fingerprint density at radius 2 is 0.715 bits per heavy atom. The molecule has 0 saturated heterocycles. The van der Waals surface area contributed by atoms with Crippen molar-refractivity contribution in [1.82, 2.24) is 39.9 Å². The predicted octanol–water partition coefficient (Wildman–Crippen LogP) is 24.4. The summed E-state index contributed by atoms with van der Waals surface area (Å²) in [5, 5.41) is 20.6. The van der Waals surface area contributed by atoms with Gasteiger partial charge in [0.1, 0.15) is 6.61 Å². The standard InChI is InChI=1S/C16H15N3O2S.2C14H21N3S.C13H19N3OS.C13H19N3S.C11H15N3S.C11H13N3S.C10H11N3S/c17-19(16-18-12-5-1-4-8-15(12)22-16)9-11-10-20-13-6-2-3-7-14(13)21-11;1-3-5-8-11(4-2)17(15)14-16-12-9-6-7-10-13(12)18-14;1-2-3-4-5-8-11-17(15)14-16-12-9-6-7-10-13(12)18-14;1-2-3-9-17-10-8-16(14)13-15-11-6-4-5-7-12(11)18-13;1-3-4-7-10(2)16(14)13-15-11-8-5-6-9-12(11)17-13;2*1-8(2)7-14(12)11-13-9-5-3-4-6-10(9)15-11;1-2-7-13(11)10-12-8-5-3-4-6-9(8)14-10/h1-8,11H,9-10,17H2;6-7,9-11H,3-5,8,15H2,1-2H3;6-7,9-10H,2-5,8,11,15H2,1H3;4-7H,2-3,8-10,14H2,1H3;5-6,8-10H,3-4,7,14H2,1-2H3;3-6,8H,7,12H2,1-2H3;3-6H,1,7,12H2,2H3;2-6H,1,7,11H2. The van der Waals surface area contributed by atoms with Crippen molar-refractivity contribution in [2.45, 2.75) is 170 Å². The van der Waals surface area contributed by atoms with Crippen LogP contribution in [-0.4, -0.2) is 117 Å². The van der Waals surface area contributed by atoms with Crippen LogP contribution in [0, 0.1) is 5.92 Å². The molecule has 17 aromatic rings. The summed E-state index contributed by atoms with van der Waals surface area (Å²) in [7, 11) is 0. The Balaban J connectivity index is 0.000000151. The lowest BCUT2D eigenvalue weighted by molar-refractivity contribution is 0.0952. The lowest BCUT2D eigenvalue weighted by Crippen LogP contribution is -2.44. The van der Waals surface area contributed by atoms with Crippen molar-refractivity contribution in [1.29, 1.82) is 0 Å². The van der Waals surface area contributed by atoms with E-state index < -0.39 is 0 Å². The van der Waals surface area contributed by atoms with Crippen LogP contribution in [0.2, 0.25) is 0 Å². The Morgan fingerprint density at radius 3 is 1.10 bits per heavy atom. The lowest BCUT2D eigenvalue weighted by atomic mass is 10.1. The van der Waals surface area contributed by atoms with E-state index in [4.69, 9.17) is 61.0 Å². The number of hydrogen-bond donors (Lipinski definition) is 8. The molecule has 1 aliphatic rings. The van der Waals surface area contributed by atoms with Crippen LogP contribution in [0.4, 0.5) is 41.1 Å². The number of nitrogens with zero attached hydrogens (tertiary/aromatic N) is 16. The summed E-state index contributed by atoms with van der Waals surface area (Å²) in [5.74, 6) is 50.2. The van der Waals surface area contributed by atoms with Gasteiger partial charge in [-0.25, -0.2) is 86.6 Å². The number of ether oxygens (including phenoxy) is 3. The highest BCUT2D eigenvalue weighted by molar-refractivity contribution is 7.24. The van der Waals surface area contributed by atoms with Crippen LogP contribution in [0.25, 0.3) is 81.7 Å². The second kappa shape index (κ2) is 56.3. The fourth-order valence-corrected chi connectivity index (χ4v) is 21.2. The number of nitrogens with two attached hydrogens (primary N) is 8. The van der Waals surface area contributed by atoms with Crippen molar-refractivity contribution in [2.24, 2.45) is 52.7 Å². The van der Waals surface area contributed by atoms with Crippen LogP contribution >= 0.6 is 90.7 Å². The van der Waals surface area contributed by atoms with Crippen molar-refractivity contribution in [3.63, 3.8) is 0 Å². The minimum Gasteiger partial charge on any atom is -0.486 e. The van der Waals surface area contributed by atoms with Gasteiger partial charge in [0, 0.05) is 31.8 Å². The molecule has 3 atom stereocenters. The van der Waals surface area contributed by atoms with E-state index in [1.54, 1.807) is 132 Å². The minimum absolute atomic E-state index is 0.119. The van der Waals surface area contributed by atoms with E-state index in [9.17, 15) is 0 Å². The van der Waals surface area contributed by atoms with E-state index >= 15 is 0 Å². The van der Waals surface area contributed by atoms with Crippen LogP contribution < -0.4 is 96.3 Å². The van der Waals surface area contributed by atoms with Gasteiger partial charge < -0.3 is 14.2 Å². The van der Waals surface area contributed by atoms with Crippen LogP contribution in [0.1, 0.15) is 152 Å². The first-order valence-corrected chi connectivity index (χ1v) is 53.3. The maximum Gasteiger partial charge on any atom is 0.201 e. The molecule has 0 fully saturated rings. The quantitative estimate of drug-likeness (QED) is 0.00776. The Bertz CT molecular complexity index is 6060. The van der Waals surface area contributed by atoms with Crippen LogP contribution in [0.15, 0.2) is 243 Å². The molecule has 0 spiro atoms. The molecule has 3 unspecified atom stereocenters. The zero-order valence-corrected chi connectivity index (χ0v) is 86.6. The molecule has 27 nitrogen and oxygen atoms in total. The molecule has 0 aliphatic carbocycles. The predicted molar refractivity (Wildman–Crippen MR) is 593 cm³/mol. The number of aromatic nitrogens is 8. The van der Waals surface area contributed by atoms with E-state index in [2.05, 4.69) is 139 Å². The number of hydrogen-bond acceptors (Lipinski definition) is 35. The number of para-hydroxylation sites is 10. The molecule has 9 heterocycles. The van der Waals surface area contributed by atoms with Gasteiger partial charge in [-0.15, -0.1) is 6.58 Å². The third-order valence-electron chi connectivity index (χ3n) is 21.3. The Morgan fingerprint density at radius 1 is 0.380 bits per heavy atom. The molecule has 0 amide bonds. The molecule has 0 radical (unpaired) electrons. The first kappa shape index (κ1) is 107. The lowest BCUT2D eigenvalue weighted by Gasteiger charge is -2.29. The molecule has 0 bridgehead atoms. The summed E-state index contributed by atoms with van der Waals surface area (Å²) in [4.78, 5) is 36.1. The third-order valence-corrected chi connectivity index (χ3v) is 29.8. The molecule has 9 aromatic carbocycles. The van der Waals surface area contributed by atoms with Gasteiger partial charge in [-0.3, -0.25) is 40.1 Å². The molecule has 16 N–H and O–H groups in total. The minimum atomic E-state index is -0.119. The number of rotatable bonds is 37. The van der Waals surface area contributed by atoms with Gasteiger partial charge >= 0.3 is 0 Å². The molecule has 18 rings (SSSR count). The SMILES string of the molecule is C=C(C)CN(N)c1nc2ccccc2s1.C=CCN(N)c1nc2ccccc2s1.CC(C)CN(N)c1nc2ccccc2s1.CCCCC(C)N(N)c1nc2ccccc2s1.CCCCC(CC)N(N)c1nc2ccccc2s1.CCCCCCCN(N)c1nc2ccccc2s1.CCCCOCCN(N)c1nc2ccccc2s1.NN(CC1COc2ccccc2O1)c1nc2ccccc2s1. The number of thiazole rings is 8. The first-order valence-electron chi connectivity index (χ1n) is 46.8. The van der Waals surface area contributed by atoms with E-state index in [0.717, 1.165) is 179 Å². The highest BCUT2D eigenvalue weighted by Gasteiger charge is 2.25. The van der Waals surface area contributed by atoms with E-state index in [1.807, 2.05) is 200 Å². The van der Waals surface area contributed by atoms with Crippen LogP contribution in [0.5, 0.6) is 11.5 Å². The average Bonchev–Trinajstić information content (AvgIpc) is 1.59. The van der Waals surface area contributed by atoms with Crippen LogP contribution in [0.3, 0.4) is 0 Å². The Labute approximate surface area is 837 Å². The van der Waals surface area contributed by atoms with Crippen molar-refractivity contribution >= 4 is 213 Å². The normalized spacial score (nSPS) is 12.3. The number of fused-ring (bicyclic) bond motifs is 9. The summed E-state index contributed by atoms with van der Waals surface area (Å²) in [6, 6.07) is 73.1. The van der Waals surface area contributed by atoms with Crippen LogP contribution in [-0.2, 0) is 4.74 Å². The van der Waals surface area contributed by atoms with Crippen molar-refractivity contribution in [3.8, 4) is 11.5 Å². The average molecular weight is 2000 g/mol. The fourth-order valence-electron chi connectivity index (χ4n) is 13.9. The van der Waals surface area contributed by atoms with Gasteiger partial charge in [-0.05, 0) is 161 Å². The highest BCUT2D eigenvalue weighted by Crippen LogP contribution is 2.37. The van der Waals surface area contributed by atoms with Gasteiger partial charge in [0.15, 0.2) is 17.6 Å². The van der Waals surface area contributed by atoms with Gasteiger partial charge in [0.25, 0.3) is 0 Å². The van der Waals surface area contributed by atoms with E-state index in [1.165, 1.54) is 70.2 Å². The summed E-state index contributed by atoms with van der Waals surface area (Å²) >= 11 is 13.0. The number of unbranched alkanes of at least 4 members (excludes halogenated alkanes) is 7. The van der Waals surface area contributed by atoms with Crippen molar-refractivity contribution in [2.75, 3.05) is 99.2 Å². The monoisotopic (exact) mass is 2000 g/mol. The Kier molecular flexibility index (Phi) is 43.8. The smallest absolute Gasteiger partial charge is 0.201 e. The third kappa shape index (κ3) is 32.9. The zero-order chi connectivity index (χ0) is 97.4. The molecule has 0 saturated carbocycles. The number of anilines is 8. The van der Waals surface area contributed by atoms with Gasteiger partial charge in [-0.1, -0.05) is 324 Å². The van der Waals surface area contributed by atoms with Gasteiger partial charge in [-0.2, -0.15) is 0 Å². The summed E-state index contributed by atoms with van der Waals surface area (Å²) in [5.41, 5.74) is 9.11. The largest absolute Gasteiger partial charge is 0.486 e. The summed E-state index contributed by atoms with van der Waals surface area (Å²) in [6.45, 7) is 33.0. The molecule has 728 valence electrons. The Hall–Kier alpha value is -10.8. The molecule has 1 aliphatic heterocycles. The van der Waals surface area contributed by atoms with E-state index in [0.29, 0.717) is 57.4 Å². The maximum atomic E-state index is 6.24. The summed E-state index contributed by atoms with van der Waals surface area (Å²) in [6.07, 6.45) is 18.4. The highest BCUT2D eigenvalue weighted by atomic mass is 32.1. The summed E-state index contributed by atoms with van der Waals surface area (Å²) < 4.78 is 26.5. The molecular formula is C102H134N24O3S8. The number of benzene rings is 9.